The Balaban J connectivity index is 2.94. The third kappa shape index (κ3) is 3.31. The van der Waals surface area contributed by atoms with E-state index in [9.17, 15) is 13.2 Å². The van der Waals surface area contributed by atoms with E-state index in [1.807, 2.05) is 0 Å². The topological polar surface area (TPSA) is 38.9 Å². The molecule has 2 nitrogen and oxygen atoms in total. The van der Waals surface area contributed by atoms with Crippen molar-refractivity contribution in [1.82, 2.24) is 4.98 Å². The molecule has 0 atom stereocenters. The third-order valence-electron chi connectivity index (χ3n) is 1.07. The SMILES string of the molecule is Nc1ncc(Cl)cc1SC(F)(F)F. The summed E-state index contributed by atoms with van der Waals surface area (Å²) >= 11 is 5.12. The monoisotopic (exact) mass is 228 g/mol. The summed E-state index contributed by atoms with van der Waals surface area (Å²) in [5.74, 6) is -0.174. The highest BCUT2D eigenvalue weighted by Gasteiger charge is 2.30. The molecular weight excluding hydrogens is 225 g/mol. The van der Waals surface area contributed by atoms with Gasteiger partial charge in [0, 0.05) is 6.20 Å². The highest BCUT2D eigenvalue weighted by Crippen LogP contribution is 2.39. The standard InChI is InChI=1S/C6H4ClF3N2S/c7-3-1-4(5(11)12-2-3)13-6(8,9)10/h1-2H,(H2,11,12). The van der Waals surface area contributed by atoms with Crippen molar-refractivity contribution in [2.45, 2.75) is 10.4 Å². The van der Waals surface area contributed by atoms with Crippen LogP contribution in [0.3, 0.4) is 0 Å². The summed E-state index contributed by atoms with van der Waals surface area (Å²) in [6.45, 7) is 0. The molecule has 1 heterocycles. The fraction of sp³-hybridized carbons (Fsp3) is 0.167. The molecular formula is C6H4ClF3N2S. The zero-order chi connectivity index (χ0) is 10.1. The lowest BCUT2D eigenvalue weighted by Crippen LogP contribution is -2.02. The van der Waals surface area contributed by atoms with E-state index >= 15 is 0 Å². The molecule has 1 aromatic heterocycles. The Hall–Kier alpha value is -0.620. The highest BCUT2D eigenvalue weighted by molar-refractivity contribution is 8.00. The van der Waals surface area contributed by atoms with Crippen LogP contribution in [0.25, 0.3) is 0 Å². The molecule has 0 bridgehead atoms. The molecule has 0 aromatic carbocycles. The first-order valence-electron chi connectivity index (χ1n) is 3.05. The van der Waals surface area contributed by atoms with E-state index in [1.54, 1.807) is 0 Å². The van der Waals surface area contributed by atoms with Crippen LogP contribution < -0.4 is 5.73 Å². The van der Waals surface area contributed by atoms with E-state index in [2.05, 4.69) is 4.98 Å². The van der Waals surface area contributed by atoms with Gasteiger partial charge >= 0.3 is 5.51 Å². The van der Waals surface area contributed by atoms with Crippen molar-refractivity contribution in [3.63, 3.8) is 0 Å². The lowest BCUT2D eigenvalue weighted by molar-refractivity contribution is -0.0328. The summed E-state index contributed by atoms with van der Waals surface area (Å²) in [5, 5.41) is 0.126. The van der Waals surface area contributed by atoms with Crippen molar-refractivity contribution in [3.05, 3.63) is 17.3 Å². The molecule has 0 unspecified atom stereocenters. The second-order valence-electron chi connectivity index (χ2n) is 2.08. The minimum absolute atomic E-state index is 0.126. The maximum atomic E-state index is 11.9. The van der Waals surface area contributed by atoms with E-state index in [4.69, 9.17) is 17.3 Å². The first kappa shape index (κ1) is 10.5. The van der Waals surface area contributed by atoms with Crippen LogP contribution in [0.15, 0.2) is 17.2 Å². The number of pyridine rings is 1. The second-order valence-corrected chi connectivity index (χ2v) is 3.63. The predicted octanol–water partition coefficient (Wildman–Crippen LogP) is 2.93. The van der Waals surface area contributed by atoms with Crippen molar-refractivity contribution >= 4 is 29.2 Å². The number of halogens is 4. The van der Waals surface area contributed by atoms with Crippen LogP contribution in [0.4, 0.5) is 19.0 Å². The lowest BCUT2D eigenvalue weighted by Gasteiger charge is -2.07. The minimum atomic E-state index is -4.37. The molecule has 1 aromatic rings. The van der Waals surface area contributed by atoms with Gasteiger partial charge in [-0.3, -0.25) is 0 Å². The van der Waals surface area contributed by atoms with Crippen LogP contribution in [0.2, 0.25) is 5.02 Å². The fourth-order valence-corrected chi connectivity index (χ4v) is 1.45. The number of hydrogen-bond donors (Lipinski definition) is 1. The van der Waals surface area contributed by atoms with Gasteiger partial charge in [0.15, 0.2) is 0 Å². The van der Waals surface area contributed by atoms with Crippen LogP contribution in [0, 0.1) is 0 Å². The van der Waals surface area contributed by atoms with Gasteiger partial charge in [0.1, 0.15) is 5.82 Å². The van der Waals surface area contributed by atoms with Crippen molar-refractivity contribution in [3.8, 4) is 0 Å². The Labute approximate surface area is 81.3 Å². The molecule has 0 amide bonds. The summed E-state index contributed by atoms with van der Waals surface area (Å²) in [5.41, 5.74) is 0.832. The van der Waals surface area contributed by atoms with Gasteiger partial charge in [-0.15, -0.1) is 0 Å². The molecule has 0 radical (unpaired) electrons. The normalized spacial score (nSPS) is 11.7. The molecule has 0 saturated carbocycles. The molecule has 7 heteroatoms. The van der Waals surface area contributed by atoms with Crippen LogP contribution in [0.5, 0.6) is 0 Å². The number of nitrogen functional groups attached to an aromatic ring is 1. The van der Waals surface area contributed by atoms with Gasteiger partial charge in [-0.05, 0) is 17.8 Å². The number of alkyl halides is 3. The second kappa shape index (κ2) is 3.63. The Bertz CT molecular complexity index is 315. The highest BCUT2D eigenvalue weighted by atomic mass is 35.5. The van der Waals surface area contributed by atoms with Gasteiger partial charge in [0.05, 0.1) is 9.92 Å². The maximum Gasteiger partial charge on any atom is 0.446 e. The minimum Gasteiger partial charge on any atom is -0.383 e. The molecule has 2 N–H and O–H groups in total. The molecule has 0 spiro atoms. The van der Waals surface area contributed by atoms with Gasteiger partial charge in [-0.2, -0.15) is 13.2 Å². The van der Waals surface area contributed by atoms with Crippen LogP contribution in [0.1, 0.15) is 0 Å². The smallest absolute Gasteiger partial charge is 0.383 e. The quantitative estimate of drug-likeness (QED) is 0.751. The summed E-state index contributed by atoms with van der Waals surface area (Å²) in [7, 11) is 0. The average Bonchev–Trinajstić information content (AvgIpc) is 1.94. The van der Waals surface area contributed by atoms with Crippen LogP contribution in [-0.2, 0) is 0 Å². The molecule has 0 fully saturated rings. The van der Waals surface area contributed by atoms with E-state index < -0.39 is 5.51 Å². The van der Waals surface area contributed by atoms with Crippen molar-refractivity contribution in [2.24, 2.45) is 0 Å². The molecule has 72 valence electrons. The number of hydrogen-bond acceptors (Lipinski definition) is 3. The number of nitrogens with zero attached hydrogens (tertiary/aromatic N) is 1. The van der Waals surface area contributed by atoms with E-state index in [0.29, 0.717) is 0 Å². The summed E-state index contributed by atoms with van der Waals surface area (Å²) < 4.78 is 35.7. The zero-order valence-corrected chi connectivity index (χ0v) is 7.67. The molecule has 1 rings (SSSR count). The first-order valence-corrected chi connectivity index (χ1v) is 4.25. The number of aromatic nitrogens is 1. The molecule has 13 heavy (non-hydrogen) atoms. The molecule has 0 aliphatic heterocycles. The molecule has 0 aliphatic carbocycles. The summed E-state index contributed by atoms with van der Waals surface area (Å²) in [4.78, 5) is 3.31. The van der Waals surface area contributed by atoms with Crippen LogP contribution in [-0.4, -0.2) is 10.5 Å². The van der Waals surface area contributed by atoms with Gasteiger partial charge in [-0.25, -0.2) is 4.98 Å². The number of anilines is 1. The fourth-order valence-electron chi connectivity index (χ4n) is 0.638. The maximum absolute atomic E-state index is 11.9. The predicted molar refractivity (Wildman–Crippen MR) is 45.6 cm³/mol. The van der Waals surface area contributed by atoms with E-state index in [-0.39, 0.29) is 27.5 Å². The Kier molecular flexibility index (Phi) is 2.92. The Morgan fingerprint density at radius 2 is 2.08 bits per heavy atom. The first-order chi connectivity index (χ1) is 5.88. The lowest BCUT2D eigenvalue weighted by atomic mass is 10.5. The number of thioether (sulfide) groups is 1. The molecule has 0 saturated heterocycles. The van der Waals surface area contributed by atoms with E-state index in [1.165, 1.54) is 6.20 Å². The van der Waals surface area contributed by atoms with Gasteiger partial charge in [0.2, 0.25) is 0 Å². The average molecular weight is 229 g/mol. The Morgan fingerprint density at radius 3 is 2.62 bits per heavy atom. The van der Waals surface area contributed by atoms with Crippen molar-refractivity contribution in [2.75, 3.05) is 5.73 Å². The van der Waals surface area contributed by atoms with Gasteiger partial charge in [0.25, 0.3) is 0 Å². The third-order valence-corrected chi connectivity index (χ3v) is 2.06. The van der Waals surface area contributed by atoms with Gasteiger partial charge < -0.3 is 5.73 Å². The Morgan fingerprint density at radius 1 is 1.46 bits per heavy atom. The summed E-state index contributed by atoms with van der Waals surface area (Å²) in [6, 6.07) is 1.13. The number of nitrogens with two attached hydrogens (primary N) is 1. The van der Waals surface area contributed by atoms with Crippen molar-refractivity contribution < 1.29 is 13.2 Å². The summed E-state index contributed by atoms with van der Waals surface area (Å²) in [6.07, 6.45) is 1.19. The van der Waals surface area contributed by atoms with E-state index in [0.717, 1.165) is 6.07 Å². The van der Waals surface area contributed by atoms with Gasteiger partial charge in [-0.1, -0.05) is 11.6 Å². The molecule has 0 aliphatic rings. The largest absolute Gasteiger partial charge is 0.446 e. The van der Waals surface area contributed by atoms with Crippen LogP contribution >= 0.6 is 23.4 Å². The zero-order valence-electron chi connectivity index (χ0n) is 6.10. The van der Waals surface area contributed by atoms with Crippen molar-refractivity contribution in [1.29, 1.82) is 0 Å². The number of rotatable bonds is 1.